The lowest BCUT2D eigenvalue weighted by Crippen LogP contribution is -2.55. The Morgan fingerprint density at radius 3 is 2.67 bits per heavy atom. The van der Waals surface area contributed by atoms with Crippen LogP contribution in [0.25, 0.3) is 0 Å². The zero-order valence-corrected chi connectivity index (χ0v) is 15.1. The van der Waals surface area contributed by atoms with E-state index in [9.17, 15) is 9.90 Å². The van der Waals surface area contributed by atoms with E-state index in [1.165, 1.54) is 6.42 Å². The summed E-state index contributed by atoms with van der Waals surface area (Å²) in [7, 11) is 0. The summed E-state index contributed by atoms with van der Waals surface area (Å²) in [5, 5.41) is 10.1. The van der Waals surface area contributed by atoms with Crippen LogP contribution >= 0.6 is 0 Å². The van der Waals surface area contributed by atoms with Crippen LogP contribution in [0.15, 0.2) is 12.2 Å². The molecule has 0 aromatic carbocycles. The first kappa shape index (κ1) is 15.6. The Bertz CT molecular complexity index is 627. The number of aliphatic hydroxyl groups excluding tert-OH is 1. The molecule has 0 amide bonds. The van der Waals surface area contributed by atoms with Gasteiger partial charge in [0.2, 0.25) is 0 Å². The molecule has 1 N–H and O–H groups in total. The Balaban J connectivity index is 1.51. The minimum Gasteiger partial charge on any atom is -0.393 e. The van der Waals surface area contributed by atoms with E-state index in [2.05, 4.69) is 26.0 Å². The van der Waals surface area contributed by atoms with Crippen LogP contribution in [0.1, 0.15) is 59.3 Å². The van der Waals surface area contributed by atoms with Gasteiger partial charge in [0.15, 0.2) is 11.4 Å². The molecule has 24 heavy (non-hydrogen) atoms. The topological polar surface area (TPSA) is 49.8 Å². The zero-order valence-electron chi connectivity index (χ0n) is 15.1. The summed E-state index contributed by atoms with van der Waals surface area (Å²) in [6.07, 6.45) is 11.4. The lowest BCUT2D eigenvalue weighted by atomic mass is 9.46. The third kappa shape index (κ3) is 1.60. The average Bonchev–Trinajstić information content (AvgIpc) is 3.21. The maximum absolute atomic E-state index is 12.4. The van der Waals surface area contributed by atoms with Crippen molar-refractivity contribution < 1.29 is 14.6 Å². The van der Waals surface area contributed by atoms with Gasteiger partial charge in [-0.15, -0.1) is 0 Å². The van der Waals surface area contributed by atoms with Gasteiger partial charge in [-0.05, 0) is 74.5 Å². The molecule has 5 aliphatic rings. The number of epoxide rings is 1. The summed E-state index contributed by atoms with van der Waals surface area (Å²) < 4.78 is 5.99. The number of hydrogen-bond acceptors (Lipinski definition) is 3. The Kier molecular flexibility index (Phi) is 2.94. The van der Waals surface area contributed by atoms with Crippen molar-refractivity contribution in [3.8, 4) is 0 Å². The van der Waals surface area contributed by atoms with E-state index in [-0.39, 0.29) is 23.4 Å². The second-order valence-electron chi connectivity index (χ2n) is 9.81. The molecule has 4 aliphatic carbocycles. The first-order valence-corrected chi connectivity index (χ1v) is 9.88. The zero-order chi connectivity index (χ0) is 16.9. The van der Waals surface area contributed by atoms with Crippen molar-refractivity contribution in [2.45, 2.75) is 77.1 Å². The molecule has 1 aliphatic heterocycles. The van der Waals surface area contributed by atoms with Crippen LogP contribution in [0.2, 0.25) is 0 Å². The van der Waals surface area contributed by atoms with Crippen LogP contribution in [0.3, 0.4) is 0 Å². The molecule has 9 atom stereocenters. The Morgan fingerprint density at radius 2 is 1.92 bits per heavy atom. The fraction of sp³-hybridized carbons (Fsp3) is 0.857. The van der Waals surface area contributed by atoms with E-state index in [1.54, 1.807) is 6.92 Å². The molecule has 4 fully saturated rings. The number of Topliss-reactive ketones (excluding diaryl/α,β-unsaturated/α-hetero) is 1. The molecule has 5 rings (SSSR count). The second-order valence-corrected chi connectivity index (χ2v) is 9.81. The van der Waals surface area contributed by atoms with Gasteiger partial charge in [0.25, 0.3) is 0 Å². The van der Waals surface area contributed by atoms with Crippen molar-refractivity contribution in [2.24, 2.45) is 34.5 Å². The van der Waals surface area contributed by atoms with Crippen molar-refractivity contribution >= 4 is 5.78 Å². The summed E-state index contributed by atoms with van der Waals surface area (Å²) in [5.74, 6) is 2.66. The second kappa shape index (κ2) is 4.54. The fourth-order valence-corrected chi connectivity index (χ4v) is 7.67. The summed E-state index contributed by atoms with van der Waals surface area (Å²) in [6, 6.07) is 0. The summed E-state index contributed by atoms with van der Waals surface area (Å²) >= 11 is 0. The van der Waals surface area contributed by atoms with E-state index in [0.717, 1.165) is 32.1 Å². The fourth-order valence-electron chi connectivity index (χ4n) is 7.67. The van der Waals surface area contributed by atoms with Crippen molar-refractivity contribution in [1.82, 2.24) is 0 Å². The Hall–Kier alpha value is -0.670. The molecule has 0 unspecified atom stereocenters. The molecular formula is C21H30O3. The maximum atomic E-state index is 12.4. The number of ketones is 1. The van der Waals surface area contributed by atoms with Gasteiger partial charge < -0.3 is 9.84 Å². The molecule has 0 aromatic heterocycles. The molecular weight excluding hydrogens is 300 g/mol. The first-order valence-electron chi connectivity index (χ1n) is 9.88. The predicted octanol–water partition coefficient (Wildman–Crippen LogP) is 3.50. The van der Waals surface area contributed by atoms with Crippen LogP contribution in [0, 0.1) is 34.5 Å². The first-order chi connectivity index (χ1) is 11.3. The van der Waals surface area contributed by atoms with Crippen molar-refractivity contribution in [1.29, 1.82) is 0 Å². The van der Waals surface area contributed by atoms with Gasteiger partial charge in [-0.25, -0.2) is 0 Å². The highest BCUT2D eigenvalue weighted by atomic mass is 16.6. The highest BCUT2D eigenvalue weighted by molar-refractivity contribution is 5.90. The van der Waals surface area contributed by atoms with Crippen LogP contribution in [0.4, 0.5) is 0 Å². The molecule has 0 radical (unpaired) electrons. The number of ether oxygens (including phenoxy) is 1. The summed E-state index contributed by atoms with van der Waals surface area (Å²) in [6.45, 7) is 6.53. The number of carbonyl (C=O) groups is 1. The van der Waals surface area contributed by atoms with Gasteiger partial charge in [0.1, 0.15) is 0 Å². The molecule has 0 spiro atoms. The molecule has 0 aromatic rings. The molecule has 132 valence electrons. The lowest BCUT2D eigenvalue weighted by molar-refractivity contribution is -0.136. The number of carbonyl (C=O) groups excluding carboxylic acids is 1. The highest BCUT2D eigenvalue weighted by Gasteiger charge is 2.79. The van der Waals surface area contributed by atoms with Gasteiger partial charge in [-0.3, -0.25) is 4.79 Å². The number of allylic oxidation sites excluding steroid dienone is 2. The largest absolute Gasteiger partial charge is 0.393 e. The number of aliphatic hydroxyl groups is 1. The molecule has 3 heteroatoms. The normalized spacial score (nSPS) is 60.7. The summed E-state index contributed by atoms with van der Waals surface area (Å²) in [5.41, 5.74) is -0.111. The van der Waals surface area contributed by atoms with Crippen LogP contribution < -0.4 is 0 Å². The standard InChI is InChI=1S/C21H30O3/c1-12(22)21-18(24-21)11-17-15-5-4-13-10-14(23)6-8-19(13,2)16(15)7-9-20(17,21)3/h4-5,13-18,23H,6-11H2,1-3H3/t13-,14-,15-,16+,17-,18-,19-,20-,21-/m0/s1. The average molecular weight is 330 g/mol. The monoisotopic (exact) mass is 330 g/mol. The van der Waals surface area contributed by atoms with Gasteiger partial charge in [-0.1, -0.05) is 26.0 Å². The minimum atomic E-state index is -0.461. The smallest absolute Gasteiger partial charge is 0.164 e. The number of rotatable bonds is 1. The van der Waals surface area contributed by atoms with Gasteiger partial charge >= 0.3 is 0 Å². The van der Waals surface area contributed by atoms with Crippen molar-refractivity contribution in [3.05, 3.63) is 12.2 Å². The molecule has 1 heterocycles. The molecule has 1 saturated heterocycles. The van der Waals surface area contributed by atoms with E-state index in [1.807, 2.05) is 0 Å². The van der Waals surface area contributed by atoms with E-state index in [0.29, 0.717) is 29.1 Å². The van der Waals surface area contributed by atoms with Crippen molar-refractivity contribution in [2.75, 3.05) is 0 Å². The Labute approximate surface area is 144 Å². The van der Waals surface area contributed by atoms with E-state index >= 15 is 0 Å². The Morgan fingerprint density at radius 1 is 1.12 bits per heavy atom. The van der Waals surface area contributed by atoms with E-state index in [4.69, 9.17) is 4.74 Å². The highest BCUT2D eigenvalue weighted by Crippen LogP contribution is 2.72. The third-order valence-electron chi connectivity index (χ3n) is 9.09. The maximum Gasteiger partial charge on any atom is 0.164 e. The van der Waals surface area contributed by atoms with E-state index < -0.39 is 5.60 Å². The molecule has 0 bridgehead atoms. The van der Waals surface area contributed by atoms with Crippen LogP contribution in [-0.4, -0.2) is 28.7 Å². The van der Waals surface area contributed by atoms with Gasteiger partial charge in [-0.2, -0.15) is 0 Å². The SMILES string of the molecule is CC(=O)[C@]12O[C@H]1C[C@H]1[C@H]3C=C[C@H]4C[C@@H](O)CC[C@]4(C)[C@@H]3CC[C@@]12C. The number of fused-ring (bicyclic) bond motifs is 7. The lowest BCUT2D eigenvalue weighted by Gasteiger charge is -2.58. The summed E-state index contributed by atoms with van der Waals surface area (Å²) in [4.78, 5) is 12.4. The van der Waals surface area contributed by atoms with Gasteiger partial charge in [0, 0.05) is 5.41 Å². The number of hydrogen-bond donors (Lipinski definition) is 1. The quantitative estimate of drug-likeness (QED) is 0.591. The molecule has 3 saturated carbocycles. The molecule has 3 nitrogen and oxygen atoms in total. The predicted molar refractivity (Wildman–Crippen MR) is 91.3 cm³/mol. The van der Waals surface area contributed by atoms with Crippen molar-refractivity contribution in [3.63, 3.8) is 0 Å². The third-order valence-corrected chi connectivity index (χ3v) is 9.09. The van der Waals surface area contributed by atoms with Crippen LogP contribution in [-0.2, 0) is 9.53 Å². The van der Waals surface area contributed by atoms with Crippen LogP contribution in [0.5, 0.6) is 0 Å². The minimum absolute atomic E-state index is 0.0202. The van der Waals surface area contributed by atoms with Gasteiger partial charge in [0.05, 0.1) is 12.2 Å².